The van der Waals surface area contributed by atoms with Gasteiger partial charge in [-0.15, -0.1) is 0 Å². The molecule has 4 saturated carbocycles. The molecular formula is C19H24O5. The van der Waals surface area contributed by atoms with Crippen LogP contribution in [0, 0.1) is 34.5 Å². The number of rotatable bonds is 1. The van der Waals surface area contributed by atoms with Crippen LogP contribution < -0.4 is 0 Å². The number of aliphatic hydroxyl groups is 1. The third-order valence-corrected chi connectivity index (χ3v) is 8.46. The summed E-state index contributed by atoms with van der Waals surface area (Å²) in [5.41, 5.74) is -0.953. The van der Waals surface area contributed by atoms with Crippen LogP contribution in [0.4, 0.5) is 0 Å². The molecule has 0 aromatic carbocycles. The van der Waals surface area contributed by atoms with Gasteiger partial charge in [0.2, 0.25) is 0 Å². The maximum Gasteiger partial charge on any atom is 0.315 e. The molecule has 1 spiro atoms. The van der Waals surface area contributed by atoms with E-state index in [1.165, 1.54) is 5.57 Å². The van der Waals surface area contributed by atoms with Crippen molar-refractivity contribution in [1.29, 1.82) is 0 Å². The molecule has 1 heterocycles. The standard InChI is InChI=1S/C19H24O5/c1-9-7-18-8-10(9)3-4-11(18)19-6-5-12(20)17(2,16(23)24-19)14(19)13(18)15(21)22/h10-14,20H,1,3-8H2,2H3,(H,21,22)/t10-,11?,12?,13-,14-,17-,18+,19-/m1/s1. The number of ether oxygens (including phenoxy) is 1. The van der Waals surface area contributed by atoms with Gasteiger partial charge in [-0.1, -0.05) is 12.2 Å². The number of allylic oxidation sites excluding steroid dienone is 1. The zero-order valence-corrected chi connectivity index (χ0v) is 14.0. The molecule has 0 amide bonds. The van der Waals surface area contributed by atoms with Crippen molar-refractivity contribution < 1.29 is 24.5 Å². The second-order valence-electron chi connectivity index (χ2n) is 9.07. The molecule has 2 unspecified atom stereocenters. The highest BCUT2D eigenvalue weighted by atomic mass is 16.6. The molecule has 5 rings (SSSR count). The van der Waals surface area contributed by atoms with Gasteiger partial charge in [-0.3, -0.25) is 9.59 Å². The van der Waals surface area contributed by atoms with Crippen molar-refractivity contribution in [2.24, 2.45) is 34.5 Å². The van der Waals surface area contributed by atoms with Crippen LogP contribution >= 0.6 is 0 Å². The Hall–Kier alpha value is -1.36. The Balaban J connectivity index is 1.76. The van der Waals surface area contributed by atoms with Crippen LogP contribution in [0.25, 0.3) is 0 Å². The minimum Gasteiger partial charge on any atom is -0.481 e. The lowest BCUT2D eigenvalue weighted by atomic mass is 9.59. The van der Waals surface area contributed by atoms with E-state index in [0.717, 1.165) is 25.7 Å². The molecule has 4 bridgehead atoms. The van der Waals surface area contributed by atoms with Gasteiger partial charge in [-0.2, -0.15) is 0 Å². The number of aliphatic carboxylic acids is 1. The average Bonchev–Trinajstić information content (AvgIpc) is 2.98. The van der Waals surface area contributed by atoms with Gasteiger partial charge in [0.1, 0.15) is 5.60 Å². The highest BCUT2D eigenvalue weighted by Gasteiger charge is 2.83. The Bertz CT molecular complexity index is 685. The molecule has 0 aromatic heterocycles. The monoisotopic (exact) mass is 332 g/mol. The minimum atomic E-state index is -1.09. The van der Waals surface area contributed by atoms with Crippen molar-refractivity contribution in [2.75, 3.05) is 0 Å². The van der Waals surface area contributed by atoms with E-state index in [9.17, 15) is 19.8 Å². The molecule has 0 aromatic rings. The van der Waals surface area contributed by atoms with E-state index in [0.29, 0.717) is 18.8 Å². The van der Waals surface area contributed by atoms with E-state index < -0.39 is 40.9 Å². The normalized spacial score (nSPS) is 57.5. The summed E-state index contributed by atoms with van der Waals surface area (Å²) in [4.78, 5) is 25.1. The smallest absolute Gasteiger partial charge is 0.315 e. The van der Waals surface area contributed by atoms with Crippen molar-refractivity contribution in [3.63, 3.8) is 0 Å². The summed E-state index contributed by atoms with van der Waals surface area (Å²) >= 11 is 0. The second kappa shape index (κ2) is 4.06. The second-order valence-corrected chi connectivity index (χ2v) is 9.07. The summed E-state index contributed by atoms with van der Waals surface area (Å²) in [5, 5.41) is 20.8. The lowest BCUT2D eigenvalue weighted by Crippen LogP contribution is -2.53. The number of carbonyl (C=O) groups is 2. The molecular weight excluding hydrogens is 308 g/mol. The molecule has 5 fully saturated rings. The van der Waals surface area contributed by atoms with E-state index in [1.807, 2.05) is 0 Å². The number of hydrogen-bond acceptors (Lipinski definition) is 4. The van der Waals surface area contributed by atoms with Crippen LogP contribution in [0.2, 0.25) is 0 Å². The maximum atomic E-state index is 12.7. The summed E-state index contributed by atoms with van der Waals surface area (Å²) in [7, 11) is 0. The van der Waals surface area contributed by atoms with E-state index in [4.69, 9.17) is 4.74 Å². The number of esters is 1. The van der Waals surface area contributed by atoms with Crippen LogP contribution in [0.1, 0.15) is 45.4 Å². The number of aliphatic hydroxyl groups excluding tert-OH is 1. The molecule has 5 nitrogen and oxygen atoms in total. The Kier molecular flexibility index (Phi) is 2.53. The van der Waals surface area contributed by atoms with E-state index in [-0.39, 0.29) is 11.3 Å². The Morgan fingerprint density at radius 2 is 2.08 bits per heavy atom. The number of carbonyl (C=O) groups excluding carboxylic acids is 1. The van der Waals surface area contributed by atoms with Gasteiger partial charge in [-0.25, -0.2) is 0 Å². The predicted octanol–water partition coefficient (Wildman–Crippen LogP) is 2.14. The summed E-state index contributed by atoms with van der Waals surface area (Å²) in [6.45, 7) is 5.95. The van der Waals surface area contributed by atoms with E-state index >= 15 is 0 Å². The van der Waals surface area contributed by atoms with Crippen LogP contribution in [-0.4, -0.2) is 33.9 Å². The summed E-state index contributed by atoms with van der Waals surface area (Å²) in [5.74, 6) is -1.78. The first-order valence-electron chi connectivity index (χ1n) is 9.09. The molecule has 5 heteroatoms. The largest absolute Gasteiger partial charge is 0.481 e. The molecule has 2 N–H and O–H groups in total. The van der Waals surface area contributed by atoms with Crippen molar-refractivity contribution >= 4 is 11.9 Å². The summed E-state index contributed by atoms with van der Waals surface area (Å²) < 4.78 is 6.01. The Morgan fingerprint density at radius 1 is 1.33 bits per heavy atom. The highest BCUT2D eigenvalue weighted by Crippen LogP contribution is 2.77. The zero-order chi connectivity index (χ0) is 17.1. The van der Waals surface area contributed by atoms with Crippen molar-refractivity contribution in [3.05, 3.63) is 12.2 Å². The number of carboxylic acid groups (broad SMARTS) is 1. The fourth-order valence-electron chi connectivity index (χ4n) is 7.66. The molecule has 1 saturated heterocycles. The lowest BCUT2D eigenvalue weighted by Gasteiger charge is -2.44. The third kappa shape index (κ3) is 1.29. The lowest BCUT2D eigenvalue weighted by molar-refractivity contribution is -0.162. The fraction of sp³-hybridized carbons (Fsp3) is 0.789. The summed E-state index contributed by atoms with van der Waals surface area (Å²) in [6, 6.07) is 0. The van der Waals surface area contributed by atoms with Crippen LogP contribution in [0.15, 0.2) is 12.2 Å². The zero-order valence-electron chi connectivity index (χ0n) is 14.0. The molecule has 4 aliphatic carbocycles. The average molecular weight is 332 g/mol. The van der Waals surface area contributed by atoms with Gasteiger partial charge in [0, 0.05) is 11.8 Å². The van der Waals surface area contributed by atoms with Crippen molar-refractivity contribution in [1.82, 2.24) is 0 Å². The molecule has 24 heavy (non-hydrogen) atoms. The van der Waals surface area contributed by atoms with Crippen LogP contribution in [0.3, 0.4) is 0 Å². The van der Waals surface area contributed by atoms with Gasteiger partial charge < -0.3 is 14.9 Å². The molecule has 5 aliphatic rings. The third-order valence-electron chi connectivity index (χ3n) is 8.46. The Labute approximate surface area is 141 Å². The molecule has 130 valence electrons. The molecule has 8 atom stereocenters. The van der Waals surface area contributed by atoms with Gasteiger partial charge in [0.25, 0.3) is 0 Å². The predicted molar refractivity (Wildman–Crippen MR) is 83.8 cm³/mol. The maximum absolute atomic E-state index is 12.7. The first-order valence-corrected chi connectivity index (χ1v) is 9.09. The summed E-state index contributed by atoms with van der Waals surface area (Å²) in [6.07, 6.45) is 3.81. The molecule has 1 aliphatic heterocycles. The first-order chi connectivity index (χ1) is 11.3. The highest BCUT2D eigenvalue weighted by molar-refractivity contribution is 5.85. The topological polar surface area (TPSA) is 83.8 Å². The quantitative estimate of drug-likeness (QED) is 0.568. The number of fused-ring (bicyclic) bond motifs is 1. The number of carboxylic acids is 1. The molecule has 0 radical (unpaired) electrons. The van der Waals surface area contributed by atoms with Crippen molar-refractivity contribution in [2.45, 2.75) is 57.2 Å². The fourth-order valence-corrected chi connectivity index (χ4v) is 7.66. The van der Waals surface area contributed by atoms with Gasteiger partial charge in [0.05, 0.1) is 17.4 Å². The van der Waals surface area contributed by atoms with E-state index in [1.54, 1.807) is 6.92 Å². The van der Waals surface area contributed by atoms with Crippen LogP contribution in [0.5, 0.6) is 0 Å². The minimum absolute atomic E-state index is 0.0878. The first kappa shape index (κ1) is 14.9. The van der Waals surface area contributed by atoms with Gasteiger partial charge >= 0.3 is 11.9 Å². The number of hydrogen-bond donors (Lipinski definition) is 2. The van der Waals surface area contributed by atoms with Crippen molar-refractivity contribution in [3.8, 4) is 0 Å². The van der Waals surface area contributed by atoms with E-state index in [2.05, 4.69) is 6.58 Å². The van der Waals surface area contributed by atoms with Gasteiger partial charge in [0.15, 0.2) is 0 Å². The van der Waals surface area contributed by atoms with Gasteiger partial charge in [-0.05, 0) is 56.8 Å². The van der Waals surface area contributed by atoms with Crippen LogP contribution in [-0.2, 0) is 14.3 Å². The SMILES string of the molecule is C=C1C[C@]23C[C@H]1CCC2[C@@]12CCC(O)[C@@](C)(C(=O)O1)[C@H]2[C@@H]3C(=O)O. The Morgan fingerprint density at radius 3 is 2.79 bits per heavy atom.